The van der Waals surface area contributed by atoms with E-state index in [2.05, 4.69) is 22.5 Å². The van der Waals surface area contributed by atoms with Gasteiger partial charge < -0.3 is 20.1 Å². The van der Waals surface area contributed by atoms with Crippen LogP contribution in [0.4, 0.5) is 5.69 Å². The summed E-state index contributed by atoms with van der Waals surface area (Å²) in [6.07, 6.45) is 2.65. The van der Waals surface area contributed by atoms with Crippen molar-refractivity contribution in [3.63, 3.8) is 0 Å². The molecule has 0 spiro atoms. The van der Waals surface area contributed by atoms with Gasteiger partial charge in [-0.3, -0.25) is 4.79 Å². The highest BCUT2D eigenvalue weighted by molar-refractivity contribution is 5.92. The van der Waals surface area contributed by atoms with Crippen molar-refractivity contribution >= 4 is 11.6 Å². The highest BCUT2D eigenvalue weighted by Crippen LogP contribution is 2.06. The molecular formula is C14H21N3O3. The summed E-state index contributed by atoms with van der Waals surface area (Å²) in [5.74, 6) is -0.193. The molecule has 1 unspecified atom stereocenters. The Bertz CT molecular complexity index is 416. The highest BCUT2D eigenvalue weighted by atomic mass is 16.6. The summed E-state index contributed by atoms with van der Waals surface area (Å²) < 4.78 is 10.7. The first-order valence-electron chi connectivity index (χ1n) is 6.97. The predicted octanol–water partition coefficient (Wildman–Crippen LogP) is 1.05. The van der Waals surface area contributed by atoms with Gasteiger partial charge in [0.2, 0.25) is 0 Å². The molecule has 1 aromatic heterocycles. The zero-order valence-corrected chi connectivity index (χ0v) is 11.7. The number of nitrogens with one attached hydrogen (secondary N) is 2. The van der Waals surface area contributed by atoms with E-state index in [1.807, 2.05) is 6.07 Å². The summed E-state index contributed by atoms with van der Waals surface area (Å²) in [4.78, 5) is 16.1. The molecule has 0 radical (unpaired) electrons. The molecule has 1 aliphatic heterocycles. The molecule has 0 aliphatic carbocycles. The number of nitrogens with zero attached hydrogens (tertiary/aromatic N) is 1. The maximum Gasteiger partial charge on any atom is 0.269 e. The molecule has 6 nitrogen and oxygen atoms in total. The predicted molar refractivity (Wildman–Crippen MR) is 75.9 cm³/mol. The quantitative estimate of drug-likeness (QED) is 0.814. The molecule has 110 valence electrons. The molecule has 20 heavy (non-hydrogen) atoms. The van der Waals surface area contributed by atoms with E-state index in [1.54, 1.807) is 12.3 Å². The first kappa shape index (κ1) is 14.7. The second kappa shape index (κ2) is 7.81. The largest absolute Gasteiger partial charge is 0.384 e. The van der Waals surface area contributed by atoms with E-state index in [9.17, 15) is 4.79 Å². The van der Waals surface area contributed by atoms with Crippen molar-refractivity contribution in [3.05, 3.63) is 24.0 Å². The maximum absolute atomic E-state index is 11.9. The molecule has 1 aromatic rings. The molecule has 1 atom stereocenters. The van der Waals surface area contributed by atoms with E-state index < -0.39 is 0 Å². The molecular weight excluding hydrogens is 258 g/mol. The lowest BCUT2D eigenvalue weighted by molar-refractivity contribution is -0.0855. The highest BCUT2D eigenvalue weighted by Gasteiger charge is 2.16. The van der Waals surface area contributed by atoms with Crippen molar-refractivity contribution in [2.24, 2.45) is 0 Å². The number of aromatic nitrogens is 1. The minimum Gasteiger partial charge on any atom is -0.384 e. The molecule has 1 amide bonds. The van der Waals surface area contributed by atoms with Gasteiger partial charge in [-0.1, -0.05) is 6.92 Å². The summed E-state index contributed by atoms with van der Waals surface area (Å²) in [6, 6.07) is 3.57. The molecule has 2 N–H and O–H groups in total. The van der Waals surface area contributed by atoms with Gasteiger partial charge in [0.05, 0.1) is 37.8 Å². The Labute approximate surface area is 118 Å². The third-order valence-corrected chi connectivity index (χ3v) is 2.95. The fraction of sp³-hybridized carbons (Fsp3) is 0.571. The number of carbonyl (C=O) groups excluding carboxylic acids is 1. The van der Waals surface area contributed by atoms with E-state index in [4.69, 9.17) is 9.47 Å². The van der Waals surface area contributed by atoms with Gasteiger partial charge in [0.25, 0.3) is 5.91 Å². The first-order valence-corrected chi connectivity index (χ1v) is 6.97. The molecule has 0 saturated carbocycles. The van der Waals surface area contributed by atoms with Gasteiger partial charge in [-0.05, 0) is 18.6 Å². The number of hydrogen-bond donors (Lipinski definition) is 2. The van der Waals surface area contributed by atoms with E-state index in [1.165, 1.54) is 0 Å². The second-order valence-electron chi connectivity index (χ2n) is 4.64. The van der Waals surface area contributed by atoms with Crippen LogP contribution in [0.3, 0.4) is 0 Å². The van der Waals surface area contributed by atoms with E-state index >= 15 is 0 Å². The van der Waals surface area contributed by atoms with Crippen LogP contribution in [-0.2, 0) is 9.47 Å². The van der Waals surface area contributed by atoms with Gasteiger partial charge in [-0.2, -0.15) is 0 Å². The van der Waals surface area contributed by atoms with Gasteiger partial charge >= 0.3 is 0 Å². The number of anilines is 1. The number of carbonyl (C=O) groups is 1. The molecule has 0 aromatic carbocycles. The topological polar surface area (TPSA) is 72.5 Å². The van der Waals surface area contributed by atoms with Crippen LogP contribution in [0.5, 0.6) is 0 Å². The molecule has 6 heteroatoms. The number of ether oxygens (including phenoxy) is 2. The summed E-state index contributed by atoms with van der Waals surface area (Å²) >= 11 is 0. The van der Waals surface area contributed by atoms with Crippen LogP contribution in [0.25, 0.3) is 0 Å². The van der Waals surface area contributed by atoms with Crippen LogP contribution in [-0.4, -0.2) is 49.9 Å². The number of hydrogen-bond acceptors (Lipinski definition) is 5. The molecule has 1 saturated heterocycles. The Kier molecular flexibility index (Phi) is 5.76. The minimum absolute atomic E-state index is 0.0711. The summed E-state index contributed by atoms with van der Waals surface area (Å²) in [7, 11) is 0. The van der Waals surface area contributed by atoms with Crippen LogP contribution < -0.4 is 10.6 Å². The Morgan fingerprint density at radius 3 is 3.00 bits per heavy atom. The Hall–Kier alpha value is -1.66. The fourth-order valence-corrected chi connectivity index (χ4v) is 1.85. The van der Waals surface area contributed by atoms with Crippen molar-refractivity contribution in [2.45, 2.75) is 19.4 Å². The molecule has 2 rings (SSSR count). The lowest BCUT2D eigenvalue weighted by atomic mass is 10.3. The second-order valence-corrected chi connectivity index (χ2v) is 4.64. The maximum atomic E-state index is 11.9. The van der Waals surface area contributed by atoms with Gasteiger partial charge in [-0.15, -0.1) is 0 Å². The van der Waals surface area contributed by atoms with Gasteiger partial charge in [0.1, 0.15) is 5.69 Å². The van der Waals surface area contributed by atoms with Crippen molar-refractivity contribution in [3.8, 4) is 0 Å². The smallest absolute Gasteiger partial charge is 0.269 e. The Morgan fingerprint density at radius 2 is 2.35 bits per heavy atom. The van der Waals surface area contributed by atoms with Crippen LogP contribution >= 0.6 is 0 Å². The van der Waals surface area contributed by atoms with Crippen LogP contribution in [0, 0.1) is 0 Å². The SMILES string of the molecule is CCCNc1ccc(C(=O)NCC2COCCO2)nc1. The van der Waals surface area contributed by atoms with Crippen molar-refractivity contribution in [1.29, 1.82) is 0 Å². The van der Waals surface area contributed by atoms with Gasteiger partial charge in [0, 0.05) is 13.1 Å². The monoisotopic (exact) mass is 279 g/mol. The van der Waals surface area contributed by atoms with Crippen LogP contribution in [0.1, 0.15) is 23.8 Å². The molecule has 0 bridgehead atoms. The van der Waals surface area contributed by atoms with Crippen molar-refractivity contribution in [2.75, 3.05) is 38.2 Å². The minimum atomic E-state index is -0.193. The fourth-order valence-electron chi connectivity index (χ4n) is 1.85. The van der Waals surface area contributed by atoms with E-state index in [-0.39, 0.29) is 12.0 Å². The zero-order chi connectivity index (χ0) is 14.2. The van der Waals surface area contributed by atoms with Crippen molar-refractivity contribution in [1.82, 2.24) is 10.3 Å². The van der Waals surface area contributed by atoms with Gasteiger partial charge in [0.15, 0.2) is 0 Å². The third-order valence-electron chi connectivity index (χ3n) is 2.95. The molecule has 1 aliphatic rings. The van der Waals surface area contributed by atoms with E-state index in [0.29, 0.717) is 32.1 Å². The lowest BCUT2D eigenvalue weighted by Crippen LogP contribution is -2.39. The number of rotatable bonds is 6. The average Bonchev–Trinajstić information content (AvgIpc) is 2.52. The molecule has 2 heterocycles. The average molecular weight is 279 g/mol. The van der Waals surface area contributed by atoms with Crippen molar-refractivity contribution < 1.29 is 14.3 Å². The first-order chi connectivity index (χ1) is 9.79. The standard InChI is InChI=1S/C14H21N3O3/c1-2-5-15-11-3-4-13(16-8-11)14(18)17-9-12-10-19-6-7-20-12/h3-4,8,12,15H,2,5-7,9-10H2,1H3,(H,17,18). The third kappa shape index (κ3) is 4.47. The Morgan fingerprint density at radius 1 is 1.45 bits per heavy atom. The normalized spacial score (nSPS) is 18.6. The lowest BCUT2D eigenvalue weighted by Gasteiger charge is -2.22. The zero-order valence-electron chi connectivity index (χ0n) is 11.7. The summed E-state index contributed by atoms with van der Waals surface area (Å²) in [5.41, 5.74) is 1.33. The van der Waals surface area contributed by atoms with Crippen LogP contribution in [0.15, 0.2) is 18.3 Å². The van der Waals surface area contributed by atoms with Crippen LogP contribution in [0.2, 0.25) is 0 Å². The number of amides is 1. The molecule has 1 fully saturated rings. The number of pyridine rings is 1. The Balaban J connectivity index is 1.79. The van der Waals surface area contributed by atoms with E-state index in [0.717, 1.165) is 18.7 Å². The van der Waals surface area contributed by atoms with Gasteiger partial charge in [-0.25, -0.2) is 4.98 Å². The summed E-state index contributed by atoms with van der Waals surface area (Å²) in [6.45, 7) is 5.16. The summed E-state index contributed by atoms with van der Waals surface area (Å²) in [5, 5.41) is 6.02.